The number of rotatable bonds is 2. The van der Waals surface area contributed by atoms with Crippen molar-refractivity contribution in [3.8, 4) is 0 Å². The van der Waals surface area contributed by atoms with E-state index in [4.69, 9.17) is 11.6 Å². The summed E-state index contributed by atoms with van der Waals surface area (Å²) in [6, 6.07) is 5.72. The smallest absolute Gasteiger partial charge is 0.259 e. The Labute approximate surface area is 106 Å². The second-order valence-corrected chi connectivity index (χ2v) is 3.82. The van der Waals surface area contributed by atoms with Gasteiger partial charge in [0, 0.05) is 6.20 Å². The molecule has 0 aliphatic heterocycles. The van der Waals surface area contributed by atoms with Crippen LogP contribution in [-0.4, -0.2) is 10.9 Å². The fourth-order valence-electron chi connectivity index (χ4n) is 1.32. The molecular formula is C12H7ClF2N2O. The predicted octanol–water partition coefficient (Wildman–Crippen LogP) is 3.27. The molecule has 0 aliphatic rings. The van der Waals surface area contributed by atoms with Gasteiger partial charge in [0.05, 0.1) is 10.6 Å². The number of nitrogens with one attached hydrogen (secondary N) is 1. The molecule has 6 heteroatoms. The van der Waals surface area contributed by atoms with Crippen LogP contribution in [0.2, 0.25) is 5.02 Å². The van der Waals surface area contributed by atoms with Crippen LogP contribution >= 0.6 is 11.6 Å². The minimum atomic E-state index is -0.819. The lowest BCUT2D eigenvalue weighted by Crippen LogP contribution is -2.15. The molecule has 0 spiro atoms. The van der Waals surface area contributed by atoms with E-state index in [0.29, 0.717) is 0 Å². The van der Waals surface area contributed by atoms with Crippen molar-refractivity contribution >= 4 is 23.3 Å². The molecule has 1 aromatic carbocycles. The molecule has 3 nitrogen and oxygen atoms in total. The summed E-state index contributed by atoms with van der Waals surface area (Å²) in [6.07, 6.45) is 1.42. The molecule has 0 bridgehead atoms. The third-order valence-electron chi connectivity index (χ3n) is 2.16. The number of aromatic nitrogens is 1. The number of anilines is 1. The van der Waals surface area contributed by atoms with E-state index in [0.717, 1.165) is 18.2 Å². The van der Waals surface area contributed by atoms with Gasteiger partial charge >= 0.3 is 0 Å². The van der Waals surface area contributed by atoms with Crippen molar-refractivity contribution in [2.24, 2.45) is 0 Å². The SMILES string of the molecule is O=C(Nc1ncccc1Cl)c1cc(F)ccc1F. The maximum absolute atomic E-state index is 13.3. The van der Waals surface area contributed by atoms with Crippen molar-refractivity contribution in [3.05, 3.63) is 58.7 Å². The van der Waals surface area contributed by atoms with Gasteiger partial charge in [-0.05, 0) is 30.3 Å². The molecular weight excluding hydrogens is 262 g/mol. The summed E-state index contributed by atoms with van der Waals surface area (Å²) in [7, 11) is 0. The highest BCUT2D eigenvalue weighted by molar-refractivity contribution is 6.33. The number of hydrogen-bond donors (Lipinski definition) is 1. The van der Waals surface area contributed by atoms with Crippen molar-refractivity contribution in [3.63, 3.8) is 0 Å². The maximum Gasteiger partial charge on any atom is 0.259 e. The fourth-order valence-corrected chi connectivity index (χ4v) is 1.49. The standard InChI is InChI=1S/C12H7ClF2N2O/c13-9-2-1-5-16-11(9)17-12(18)8-6-7(14)3-4-10(8)15/h1-6H,(H,16,17,18). The van der Waals surface area contributed by atoms with E-state index in [2.05, 4.69) is 10.3 Å². The van der Waals surface area contributed by atoms with E-state index >= 15 is 0 Å². The minimum absolute atomic E-state index is 0.0906. The normalized spacial score (nSPS) is 10.2. The first kappa shape index (κ1) is 12.4. The number of carbonyl (C=O) groups excluding carboxylic acids is 1. The van der Waals surface area contributed by atoms with Gasteiger partial charge in [-0.2, -0.15) is 0 Å². The summed E-state index contributed by atoms with van der Waals surface area (Å²) < 4.78 is 26.3. The molecule has 0 radical (unpaired) electrons. The summed E-state index contributed by atoms with van der Waals surface area (Å²) in [4.78, 5) is 15.5. The van der Waals surface area contributed by atoms with Gasteiger partial charge in [-0.15, -0.1) is 0 Å². The number of benzene rings is 1. The Morgan fingerprint density at radius 1 is 1.28 bits per heavy atom. The number of pyridine rings is 1. The molecule has 1 amide bonds. The van der Waals surface area contributed by atoms with E-state index in [1.807, 2.05) is 0 Å². The van der Waals surface area contributed by atoms with Gasteiger partial charge in [-0.25, -0.2) is 13.8 Å². The first-order valence-corrected chi connectivity index (χ1v) is 5.32. The highest BCUT2D eigenvalue weighted by atomic mass is 35.5. The molecule has 0 saturated heterocycles. The number of carbonyl (C=O) groups is 1. The zero-order chi connectivity index (χ0) is 13.1. The van der Waals surface area contributed by atoms with Crippen molar-refractivity contribution < 1.29 is 13.6 Å². The molecule has 1 aromatic heterocycles. The molecule has 0 atom stereocenters. The zero-order valence-electron chi connectivity index (χ0n) is 8.95. The van der Waals surface area contributed by atoms with Crippen LogP contribution in [0, 0.1) is 11.6 Å². The third kappa shape index (κ3) is 2.62. The van der Waals surface area contributed by atoms with Crippen molar-refractivity contribution in [1.82, 2.24) is 4.98 Å². The Hall–Kier alpha value is -2.01. The van der Waals surface area contributed by atoms with E-state index in [1.54, 1.807) is 6.07 Å². The molecule has 0 aliphatic carbocycles. The minimum Gasteiger partial charge on any atom is -0.305 e. The van der Waals surface area contributed by atoms with Crippen molar-refractivity contribution in [1.29, 1.82) is 0 Å². The quantitative estimate of drug-likeness (QED) is 0.908. The van der Waals surface area contributed by atoms with Gasteiger partial charge in [0.25, 0.3) is 5.91 Å². The van der Waals surface area contributed by atoms with Crippen LogP contribution in [0.25, 0.3) is 0 Å². The first-order chi connectivity index (χ1) is 8.58. The van der Waals surface area contributed by atoms with Gasteiger partial charge in [0.1, 0.15) is 11.6 Å². The van der Waals surface area contributed by atoms with Crippen molar-refractivity contribution in [2.45, 2.75) is 0 Å². The molecule has 1 heterocycles. The van der Waals surface area contributed by atoms with Crippen LogP contribution in [0.3, 0.4) is 0 Å². The van der Waals surface area contributed by atoms with Gasteiger partial charge in [0.15, 0.2) is 5.82 Å². The lowest BCUT2D eigenvalue weighted by atomic mass is 10.2. The number of amides is 1. The number of halogens is 3. The molecule has 0 unspecified atom stereocenters. The summed E-state index contributed by atoms with van der Waals surface area (Å²) >= 11 is 5.78. The van der Waals surface area contributed by atoms with Crippen LogP contribution in [0.1, 0.15) is 10.4 Å². The maximum atomic E-state index is 13.3. The lowest BCUT2D eigenvalue weighted by Gasteiger charge is -2.06. The largest absolute Gasteiger partial charge is 0.305 e. The predicted molar refractivity (Wildman–Crippen MR) is 63.6 cm³/mol. The molecule has 18 heavy (non-hydrogen) atoms. The summed E-state index contributed by atoms with van der Waals surface area (Å²) in [5.74, 6) is -2.24. The monoisotopic (exact) mass is 268 g/mol. The van der Waals surface area contributed by atoms with Crippen LogP contribution in [-0.2, 0) is 0 Å². The Balaban J connectivity index is 2.28. The second kappa shape index (κ2) is 5.10. The van der Waals surface area contributed by atoms with Crippen LogP contribution in [0.15, 0.2) is 36.5 Å². The summed E-state index contributed by atoms with van der Waals surface area (Å²) in [5, 5.41) is 2.52. The molecule has 92 valence electrons. The van der Waals surface area contributed by atoms with E-state index < -0.39 is 23.1 Å². The van der Waals surface area contributed by atoms with Crippen LogP contribution in [0.5, 0.6) is 0 Å². The molecule has 2 aromatic rings. The fraction of sp³-hybridized carbons (Fsp3) is 0. The Bertz CT molecular complexity index is 604. The molecule has 1 N–H and O–H groups in total. The van der Waals surface area contributed by atoms with Gasteiger partial charge in [-0.1, -0.05) is 11.6 Å². The average molecular weight is 269 g/mol. The zero-order valence-corrected chi connectivity index (χ0v) is 9.71. The summed E-state index contributed by atoms with van der Waals surface area (Å²) in [6.45, 7) is 0. The van der Waals surface area contributed by atoms with E-state index in [1.165, 1.54) is 12.3 Å². The summed E-state index contributed by atoms with van der Waals surface area (Å²) in [5.41, 5.74) is -0.406. The van der Waals surface area contributed by atoms with Crippen molar-refractivity contribution in [2.75, 3.05) is 5.32 Å². The van der Waals surface area contributed by atoms with Gasteiger partial charge in [0.2, 0.25) is 0 Å². The number of nitrogens with zero attached hydrogens (tertiary/aromatic N) is 1. The first-order valence-electron chi connectivity index (χ1n) is 4.95. The topological polar surface area (TPSA) is 42.0 Å². The van der Waals surface area contributed by atoms with Crippen LogP contribution in [0.4, 0.5) is 14.6 Å². The highest BCUT2D eigenvalue weighted by Crippen LogP contribution is 2.19. The Kier molecular flexibility index (Phi) is 3.53. The Morgan fingerprint density at radius 3 is 2.78 bits per heavy atom. The molecule has 0 saturated carbocycles. The number of hydrogen-bond acceptors (Lipinski definition) is 2. The highest BCUT2D eigenvalue weighted by Gasteiger charge is 2.14. The van der Waals surface area contributed by atoms with E-state index in [9.17, 15) is 13.6 Å². The van der Waals surface area contributed by atoms with E-state index in [-0.39, 0.29) is 10.8 Å². The second-order valence-electron chi connectivity index (χ2n) is 3.41. The molecule has 0 fully saturated rings. The van der Waals surface area contributed by atoms with Gasteiger partial charge < -0.3 is 5.32 Å². The lowest BCUT2D eigenvalue weighted by molar-refractivity contribution is 0.102. The van der Waals surface area contributed by atoms with Crippen LogP contribution < -0.4 is 5.32 Å². The van der Waals surface area contributed by atoms with Gasteiger partial charge in [-0.3, -0.25) is 4.79 Å². The Morgan fingerprint density at radius 2 is 2.06 bits per heavy atom. The average Bonchev–Trinajstić information content (AvgIpc) is 2.35. The molecule has 2 rings (SSSR count). The third-order valence-corrected chi connectivity index (χ3v) is 2.47.